The van der Waals surface area contributed by atoms with E-state index in [0.717, 1.165) is 17.8 Å². The van der Waals surface area contributed by atoms with Crippen molar-refractivity contribution in [1.29, 1.82) is 0 Å². The molecule has 1 aliphatic rings. The second-order valence-corrected chi connectivity index (χ2v) is 5.05. The van der Waals surface area contributed by atoms with Gasteiger partial charge in [0.15, 0.2) is 11.6 Å². The highest BCUT2D eigenvalue weighted by molar-refractivity contribution is 5.23. The molecule has 1 aromatic heterocycles. The van der Waals surface area contributed by atoms with E-state index in [2.05, 4.69) is 15.6 Å². The minimum Gasteiger partial charge on any atom is -0.492 e. The summed E-state index contributed by atoms with van der Waals surface area (Å²) in [6.07, 6.45) is 4.32. The van der Waals surface area contributed by atoms with Crippen LogP contribution in [0.3, 0.4) is 0 Å². The lowest BCUT2D eigenvalue weighted by Gasteiger charge is -2.06. The Bertz CT molecular complexity index is 613. The van der Waals surface area contributed by atoms with Crippen molar-refractivity contribution in [2.24, 2.45) is 0 Å². The average molecular weight is 294 g/mol. The molecule has 1 heterocycles. The first-order chi connectivity index (χ1) is 10.2. The number of hydrogen-bond acceptors (Lipinski definition) is 4. The smallest absolute Gasteiger partial charge is 0.162 e. The van der Waals surface area contributed by atoms with Gasteiger partial charge in [0.1, 0.15) is 12.4 Å². The van der Waals surface area contributed by atoms with Gasteiger partial charge in [-0.05, 0) is 25.0 Å². The van der Waals surface area contributed by atoms with Gasteiger partial charge in [-0.1, -0.05) is 5.21 Å². The molecule has 0 radical (unpaired) electrons. The van der Waals surface area contributed by atoms with E-state index in [0.29, 0.717) is 31.5 Å². The summed E-state index contributed by atoms with van der Waals surface area (Å²) in [5.74, 6) is -1.50. The van der Waals surface area contributed by atoms with Crippen molar-refractivity contribution < 1.29 is 13.5 Å². The van der Waals surface area contributed by atoms with Gasteiger partial charge in [-0.2, -0.15) is 0 Å². The molecule has 1 aliphatic carbocycles. The van der Waals surface area contributed by atoms with Crippen LogP contribution in [-0.4, -0.2) is 27.6 Å². The topological polar surface area (TPSA) is 52.0 Å². The van der Waals surface area contributed by atoms with Gasteiger partial charge in [0.05, 0.1) is 12.2 Å². The van der Waals surface area contributed by atoms with Gasteiger partial charge in [-0.25, -0.2) is 13.5 Å². The van der Waals surface area contributed by atoms with Crippen LogP contribution in [0, 0.1) is 11.6 Å². The van der Waals surface area contributed by atoms with Crippen molar-refractivity contribution in [3.05, 3.63) is 41.7 Å². The quantitative estimate of drug-likeness (QED) is 0.847. The number of halogens is 2. The molecule has 1 aromatic carbocycles. The predicted molar refractivity (Wildman–Crippen MR) is 71.7 cm³/mol. The Morgan fingerprint density at radius 2 is 2.14 bits per heavy atom. The highest BCUT2D eigenvalue weighted by Gasteiger charge is 2.20. The lowest BCUT2D eigenvalue weighted by Crippen LogP contribution is -2.15. The fourth-order valence-electron chi connectivity index (χ4n) is 1.89. The average Bonchev–Trinajstić information content (AvgIpc) is 3.20. The van der Waals surface area contributed by atoms with Gasteiger partial charge >= 0.3 is 0 Å². The summed E-state index contributed by atoms with van der Waals surface area (Å²) in [6.45, 7) is 1.52. The predicted octanol–water partition coefficient (Wildman–Crippen LogP) is 1.89. The number of nitrogens with zero attached hydrogens (tertiary/aromatic N) is 3. The third-order valence-corrected chi connectivity index (χ3v) is 3.22. The summed E-state index contributed by atoms with van der Waals surface area (Å²) < 4.78 is 32.8. The van der Waals surface area contributed by atoms with Crippen LogP contribution in [0.25, 0.3) is 0 Å². The minimum atomic E-state index is -0.915. The minimum absolute atomic E-state index is 0.296. The standard InChI is InChI=1S/C14H16F2N4O/c15-13-4-3-12(7-14(13)16)21-6-5-20-9-11(18-19-20)8-17-10-1-2-10/h3-4,7,9-10,17H,1-2,5-6,8H2. The zero-order valence-corrected chi connectivity index (χ0v) is 11.4. The van der Waals surface area contributed by atoms with Crippen LogP contribution in [0.2, 0.25) is 0 Å². The zero-order valence-electron chi connectivity index (χ0n) is 11.4. The number of benzene rings is 1. The Labute approximate surface area is 120 Å². The van der Waals surface area contributed by atoms with Crippen molar-refractivity contribution in [3.63, 3.8) is 0 Å². The molecule has 0 spiro atoms. The van der Waals surface area contributed by atoms with E-state index >= 15 is 0 Å². The van der Waals surface area contributed by atoms with E-state index in [1.807, 2.05) is 6.20 Å². The summed E-state index contributed by atoms with van der Waals surface area (Å²) in [7, 11) is 0. The third kappa shape index (κ3) is 3.98. The molecule has 21 heavy (non-hydrogen) atoms. The lowest BCUT2D eigenvalue weighted by molar-refractivity contribution is 0.287. The van der Waals surface area contributed by atoms with Gasteiger partial charge in [-0.3, -0.25) is 0 Å². The Hall–Kier alpha value is -2.02. The molecule has 0 atom stereocenters. The number of hydrogen-bond donors (Lipinski definition) is 1. The molecule has 0 bridgehead atoms. The van der Waals surface area contributed by atoms with Crippen molar-refractivity contribution in [2.45, 2.75) is 32.0 Å². The number of rotatable bonds is 7. The lowest BCUT2D eigenvalue weighted by atomic mass is 10.3. The summed E-state index contributed by atoms with van der Waals surface area (Å²) in [6, 6.07) is 4.10. The highest BCUT2D eigenvalue weighted by atomic mass is 19.2. The van der Waals surface area contributed by atoms with Gasteiger partial charge in [-0.15, -0.1) is 5.10 Å². The molecule has 2 aromatic rings. The number of nitrogens with one attached hydrogen (secondary N) is 1. The Kier molecular flexibility index (Phi) is 4.10. The molecule has 1 N–H and O–H groups in total. The first-order valence-corrected chi connectivity index (χ1v) is 6.91. The summed E-state index contributed by atoms with van der Waals surface area (Å²) in [5.41, 5.74) is 0.884. The Balaban J connectivity index is 1.44. The van der Waals surface area contributed by atoms with Crippen LogP contribution in [0.5, 0.6) is 5.75 Å². The molecule has 7 heteroatoms. The van der Waals surface area contributed by atoms with E-state index in [1.165, 1.54) is 18.9 Å². The molecule has 1 saturated carbocycles. The molecule has 1 fully saturated rings. The third-order valence-electron chi connectivity index (χ3n) is 3.22. The first kappa shape index (κ1) is 13.9. The second-order valence-electron chi connectivity index (χ2n) is 5.05. The first-order valence-electron chi connectivity index (χ1n) is 6.91. The van der Waals surface area contributed by atoms with Gasteiger partial charge < -0.3 is 10.1 Å². The normalized spacial score (nSPS) is 14.4. The number of aromatic nitrogens is 3. The maximum Gasteiger partial charge on any atom is 0.162 e. The molecule has 112 valence electrons. The molecule has 5 nitrogen and oxygen atoms in total. The van der Waals surface area contributed by atoms with Crippen LogP contribution >= 0.6 is 0 Å². The molecule has 0 saturated heterocycles. The van der Waals surface area contributed by atoms with E-state index in [4.69, 9.17) is 4.74 Å². The maximum atomic E-state index is 13.0. The summed E-state index contributed by atoms with van der Waals surface area (Å²) >= 11 is 0. The van der Waals surface area contributed by atoms with Crippen molar-refractivity contribution in [3.8, 4) is 5.75 Å². The van der Waals surface area contributed by atoms with E-state index in [-0.39, 0.29) is 0 Å². The summed E-state index contributed by atoms with van der Waals surface area (Å²) in [5, 5.41) is 11.4. The van der Waals surface area contributed by atoms with E-state index in [9.17, 15) is 8.78 Å². The van der Waals surface area contributed by atoms with Gasteiger partial charge in [0, 0.05) is 24.8 Å². The fraction of sp³-hybridized carbons (Fsp3) is 0.429. The summed E-state index contributed by atoms with van der Waals surface area (Å²) in [4.78, 5) is 0. The maximum absolute atomic E-state index is 13.0. The Morgan fingerprint density at radius 1 is 1.29 bits per heavy atom. The Morgan fingerprint density at radius 3 is 2.90 bits per heavy atom. The van der Waals surface area contributed by atoms with Crippen LogP contribution in [-0.2, 0) is 13.1 Å². The van der Waals surface area contributed by atoms with Crippen molar-refractivity contribution >= 4 is 0 Å². The molecule has 3 rings (SSSR count). The molecule has 0 amide bonds. The molecule has 0 unspecified atom stereocenters. The molecular weight excluding hydrogens is 278 g/mol. The van der Waals surface area contributed by atoms with Gasteiger partial charge in [0.25, 0.3) is 0 Å². The second kappa shape index (κ2) is 6.17. The van der Waals surface area contributed by atoms with Crippen LogP contribution < -0.4 is 10.1 Å². The molecular formula is C14H16F2N4O. The van der Waals surface area contributed by atoms with Crippen LogP contribution in [0.1, 0.15) is 18.5 Å². The largest absolute Gasteiger partial charge is 0.492 e. The fourth-order valence-corrected chi connectivity index (χ4v) is 1.89. The van der Waals surface area contributed by atoms with Crippen LogP contribution in [0.15, 0.2) is 24.4 Å². The van der Waals surface area contributed by atoms with Crippen molar-refractivity contribution in [1.82, 2.24) is 20.3 Å². The number of ether oxygens (including phenoxy) is 1. The van der Waals surface area contributed by atoms with Crippen molar-refractivity contribution in [2.75, 3.05) is 6.61 Å². The zero-order chi connectivity index (χ0) is 14.7. The monoisotopic (exact) mass is 294 g/mol. The van der Waals surface area contributed by atoms with Crippen LogP contribution in [0.4, 0.5) is 8.78 Å². The molecule has 0 aliphatic heterocycles. The van der Waals surface area contributed by atoms with E-state index < -0.39 is 11.6 Å². The SMILES string of the molecule is Fc1ccc(OCCn2cc(CNC3CC3)nn2)cc1F. The van der Waals surface area contributed by atoms with E-state index in [1.54, 1.807) is 4.68 Å². The van der Waals surface area contributed by atoms with Gasteiger partial charge in [0.2, 0.25) is 0 Å². The highest BCUT2D eigenvalue weighted by Crippen LogP contribution is 2.19.